The second-order valence-electron chi connectivity index (χ2n) is 6.45. The van der Waals surface area contributed by atoms with Crippen LogP contribution < -0.4 is 10.1 Å². The van der Waals surface area contributed by atoms with Crippen molar-refractivity contribution in [1.29, 1.82) is 0 Å². The van der Waals surface area contributed by atoms with E-state index in [0.29, 0.717) is 18.8 Å². The molecule has 142 valence electrons. The Kier molecular flexibility index (Phi) is 5.12. The van der Waals surface area contributed by atoms with Gasteiger partial charge in [-0.2, -0.15) is 0 Å². The van der Waals surface area contributed by atoms with E-state index in [0.717, 1.165) is 27.1 Å². The summed E-state index contributed by atoms with van der Waals surface area (Å²) >= 11 is 1.58. The number of hydrogen-bond donors (Lipinski definition) is 1. The first-order valence-electron chi connectivity index (χ1n) is 8.86. The molecule has 28 heavy (non-hydrogen) atoms. The molecule has 4 rings (SSSR count). The average Bonchev–Trinajstić information content (AvgIpc) is 3.29. The number of ether oxygens (including phenoxy) is 1. The zero-order valence-corrected chi connectivity index (χ0v) is 16.1. The molecule has 1 amide bonds. The summed E-state index contributed by atoms with van der Waals surface area (Å²) in [5, 5.41) is 4.96. The van der Waals surface area contributed by atoms with E-state index in [1.165, 1.54) is 12.1 Å². The molecule has 2 aromatic heterocycles. The van der Waals surface area contributed by atoms with Crippen molar-refractivity contribution in [2.24, 2.45) is 0 Å². The smallest absolute Gasteiger partial charge is 0.268 e. The standard InChI is InChI=1S/C22H19FN2O2S/c1-27-18-7-5-15(6-8-18)13-24-22(26)20-12-21-19(9-10-28-21)25(20)14-16-3-2-4-17(23)11-16/h2-12H,13-14H2,1H3,(H,24,26). The summed E-state index contributed by atoms with van der Waals surface area (Å²) in [4.78, 5) is 12.9. The lowest BCUT2D eigenvalue weighted by Gasteiger charge is -2.11. The van der Waals surface area contributed by atoms with Gasteiger partial charge in [-0.3, -0.25) is 4.79 Å². The van der Waals surface area contributed by atoms with Gasteiger partial charge in [-0.1, -0.05) is 24.3 Å². The topological polar surface area (TPSA) is 43.3 Å². The van der Waals surface area contributed by atoms with Gasteiger partial charge >= 0.3 is 0 Å². The van der Waals surface area contributed by atoms with Gasteiger partial charge in [0.1, 0.15) is 17.3 Å². The Bertz CT molecular complexity index is 1120. The highest BCUT2D eigenvalue weighted by Gasteiger charge is 2.17. The van der Waals surface area contributed by atoms with Gasteiger partial charge in [0.05, 0.1) is 17.3 Å². The molecule has 0 fully saturated rings. The number of carbonyl (C=O) groups excluding carboxylic acids is 1. The number of fused-ring (bicyclic) bond motifs is 1. The van der Waals surface area contributed by atoms with Gasteiger partial charge in [-0.15, -0.1) is 11.3 Å². The highest BCUT2D eigenvalue weighted by atomic mass is 32.1. The second-order valence-corrected chi connectivity index (χ2v) is 7.39. The second kappa shape index (κ2) is 7.86. The highest BCUT2D eigenvalue weighted by Crippen LogP contribution is 2.26. The van der Waals surface area contributed by atoms with Gasteiger partial charge in [0.2, 0.25) is 0 Å². The van der Waals surface area contributed by atoms with Crippen LogP contribution in [-0.4, -0.2) is 17.6 Å². The normalized spacial score (nSPS) is 10.9. The van der Waals surface area contributed by atoms with Gasteiger partial charge < -0.3 is 14.6 Å². The van der Waals surface area contributed by atoms with Crippen LogP contribution in [0.4, 0.5) is 4.39 Å². The molecular formula is C22H19FN2O2S. The zero-order valence-electron chi connectivity index (χ0n) is 15.3. The number of thiophene rings is 1. The van der Waals surface area contributed by atoms with Crippen LogP contribution in [0.25, 0.3) is 10.2 Å². The number of methoxy groups -OCH3 is 1. The van der Waals surface area contributed by atoms with Crippen molar-refractivity contribution in [1.82, 2.24) is 9.88 Å². The summed E-state index contributed by atoms with van der Waals surface area (Å²) in [7, 11) is 1.62. The number of hydrogen-bond acceptors (Lipinski definition) is 3. The summed E-state index contributed by atoms with van der Waals surface area (Å²) in [5.41, 5.74) is 3.34. The molecule has 0 unspecified atom stereocenters. The molecule has 0 aliphatic heterocycles. The third-order valence-electron chi connectivity index (χ3n) is 4.60. The zero-order chi connectivity index (χ0) is 19.5. The van der Waals surface area contributed by atoms with Crippen molar-refractivity contribution in [3.63, 3.8) is 0 Å². The van der Waals surface area contributed by atoms with Gasteiger partial charge in [0.15, 0.2) is 0 Å². The molecule has 4 nitrogen and oxygen atoms in total. The van der Waals surface area contributed by atoms with Crippen LogP contribution >= 0.6 is 11.3 Å². The molecular weight excluding hydrogens is 375 g/mol. The van der Waals surface area contributed by atoms with Gasteiger partial charge in [0.25, 0.3) is 5.91 Å². The summed E-state index contributed by atoms with van der Waals surface area (Å²) < 4.78 is 21.7. The van der Waals surface area contributed by atoms with Crippen molar-refractivity contribution in [2.75, 3.05) is 7.11 Å². The fourth-order valence-electron chi connectivity index (χ4n) is 3.17. The molecule has 0 saturated heterocycles. The van der Waals surface area contributed by atoms with Gasteiger partial charge in [0, 0.05) is 13.1 Å². The molecule has 4 aromatic rings. The molecule has 0 saturated carbocycles. The number of nitrogens with zero attached hydrogens (tertiary/aromatic N) is 1. The largest absolute Gasteiger partial charge is 0.497 e. The molecule has 0 spiro atoms. The van der Waals surface area contributed by atoms with E-state index in [9.17, 15) is 9.18 Å². The first-order chi connectivity index (χ1) is 13.6. The van der Waals surface area contributed by atoms with Crippen LogP contribution in [0.15, 0.2) is 66.0 Å². The maximum atomic E-state index is 13.6. The van der Waals surface area contributed by atoms with Gasteiger partial charge in [-0.05, 0) is 52.9 Å². The number of rotatable bonds is 6. The summed E-state index contributed by atoms with van der Waals surface area (Å²) in [6.07, 6.45) is 0. The molecule has 2 aromatic carbocycles. The number of benzene rings is 2. The fourth-order valence-corrected chi connectivity index (χ4v) is 3.99. The molecule has 0 aliphatic carbocycles. The Morgan fingerprint density at radius 1 is 1.11 bits per heavy atom. The molecule has 2 heterocycles. The Morgan fingerprint density at radius 3 is 2.68 bits per heavy atom. The molecule has 0 radical (unpaired) electrons. The lowest BCUT2D eigenvalue weighted by atomic mass is 10.2. The first-order valence-corrected chi connectivity index (χ1v) is 9.74. The van der Waals surface area contributed by atoms with E-state index in [1.807, 2.05) is 52.4 Å². The molecule has 0 bridgehead atoms. The third-order valence-corrected chi connectivity index (χ3v) is 5.45. The first kappa shape index (κ1) is 18.3. The number of aromatic nitrogens is 1. The quantitative estimate of drug-likeness (QED) is 0.509. The van der Waals surface area contributed by atoms with Crippen LogP contribution in [-0.2, 0) is 13.1 Å². The lowest BCUT2D eigenvalue weighted by molar-refractivity contribution is 0.0942. The molecule has 1 N–H and O–H groups in total. The fraction of sp³-hybridized carbons (Fsp3) is 0.136. The summed E-state index contributed by atoms with van der Waals surface area (Å²) in [5.74, 6) is 0.339. The average molecular weight is 394 g/mol. The van der Waals surface area contributed by atoms with Crippen LogP contribution in [0.1, 0.15) is 21.6 Å². The maximum absolute atomic E-state index is 13.6. The minimum atomic E-state index is -0.281. The van der Waals surface area contributed by atoms with E-state index in [-0.39, 0.29) is 11.7 Å². The predicted octanol–water partition coefficient (Wildman–Crippen LogP) is 4.83. The van der Waals surface area contributed by atoms with Crippen LogP contribution in [0.3, 0.4) is 0 Å². The van der Waals surface area contributed by atoms with E-state index in [2.05, 4.69) is 5.32 Å². The number of amides is 1. The Labute approximate surface area is 166 Å². The van der Waals surface area contributed by atoms with Gasteiger partial charge in [-0.25, -0.2) is 4.39 Å². The minimum absolute atomic E-state index is 0.157. The minimum Gasteiger partial charge on any atom is -0.497 e. The number of carbonyl (C=O) groups is 1. The van der Waals surface area contributed by atoms with E-state index >= 15 is 0 Å². The monoisotopic (exact) mass is 394 g/mol. The summed E-state index contributed by atoms with van der Waals surface area (Å²) in [6, 6.07) is 17.9. The van der Waals surface area contributed by atoms with E-state index in [1.54, 1.807) is 24.5 Å². The third kappa shape index (κ3) is 3.77. The lowest BCUT2D eigenvalue weighted by Crippen LogP contribution is -2.25. The number of halogens is 1. The Hall–Kier alpha value is -3.12. The Balaban J connectivity index is 1.56. The van der Waals surface area contributed by atoms with Crippen LogP contribution in [0.2, 0.25) is 0 Å². The van der Waals surface area contributed by atoms with Crippen molar-refractivity contribution >= 4 is 27.5 Å². The maximum Gasteiger partial charge on any atom is 0.268 e. The Morgan fingerprint density at radius 2 is 1.93 bits per heavy atom. The SMILES string of the molecule is COc1ccc(CNC(=O)c2cc3sccc3n2Cc2cccc(F)c2)cc1. The molecule has 0 aliphatic rings. The van der Waals surface area contributed by atoms with Crippen molar-refractivity contribution in [3.05, 3.63) is 88.7 Å². The van der Waals surface area contributed by atoms with Crippen LogP contribution in [0.5, 0.6) is 5.75 Å². The predicted molar refractivity (Wildman–Crippen MR) is 109 cm³/mol. The van der Waals surface area contributed by atoms with Crippen molar-refractivity contribution in [3.8, 4) is 5.75 Å². The van der Waals surface area contributed by atoms with Crippen molar-refractivity contribution in [2.45, 2.75) is 13.1 Å². The van der Waals surface area contributed by atoms with E-state index < -0.39 is 0 Å². The van der Waals surface area contributed by atoms with E-state index in [4.69, 9.17) is 4.74 Å². The van der Waals surface area contributed by atoms with Crippen LogP contribution in [0, 0.1) is 5.82 Å². The molecule has 0 atom stereocenters. The summed E-state index contributed by atoms with van der Waals surface area (Å²) in [6.45, 7) is 0.852. The highest BCUT2D eigenvalue weighted by molar-refractivity contribution is 7.17. The van der Waals surface area contributed by atoms with Crippen molar-refractivity contribution < 1.29 is 13.9 Å². The number of nitrogens with one attached hydrogen (secondary N) is 1. The molecule has 6 heteroatoms.